The normalized spacial score (nSPS) is 17.2. The molecule has 2 nitrogen and oxygen atoms in total. The van der Waals surface area contributed by atoms with Crippen molar-refractivity contribution < 1.29 is 0 Å². The highest BCUT2D eigenvalue weighted by Gasteiger charge is 2.42. The van der Waals surface area contributed by atoms with Gasteiger partial charge in [0.25, 0.3) is 0 Å². The Bertz CT molecular complexity index is 2840. The van der Waals surface area contributed by atoms with Gasteiger partial charge in [-0.3, -0.25) is 0 Å². The lowest BCUT2D eigenvalue weighted by Gasteiger charge is -2.46. The van der Waals surface area contributed by atoms with Crippen molar-refractivity contribution in [2.45, 2.75) is 143 Å². The molecule has 6 aromatic carbocycles. The topological polar surface area (TPSA) is 6.48 Å². The van der Waals surface area contributed by atoms with Crippen molar-refractivity contribution in [2.75, 3.05) is 9.80 Å². The van der Waals surface area contributed by atoms with Crippen molar-refractivity contribution in [1.82, 2.24) is 0 Å². The van der Waals surface area contributed by atoms with E-state index in [1.54, 1.807) is 0 Å². The highest BCUT2D eigenvalue weighted by atomic mass is 32.1. The summed E-state index contributed by atoms with van der Waals surface area (Å²) in [6.07, 6.45) is 4.63. The Morgan fingerprint density at radius 2 is 1.08 bits per heavy atom. The fraction of sp³-hybridized carbons (Fsp3) is 0.367. The molecule has 0 unspecified atom stereocenters. The van der Waals surface area contributed by atoms with E-state index < -0.39 is 0 Å². The van der Waals surface area contributed by atoms with Crippen molar-refractivity contribution in [3.63, 3.8) is 0 Å². The van der Waals surface area contributed by atoms with Gasteiger partial charge in [0.05, 0.1) is 17.1 Å². The summed E-state index contributed by atoms with van der Waals surface area (Å²) in [6, 6.07) is 47.1. The summed E-state index contributed by atoms with van der Waals surface area (Å²) in [6.45, 7) is 31.1. The minimum absolute atomic E-state index is 0.0248. The predicted molar refractivity (Wildman–Crippen MR) is 275 cm³/mol. The van der Waals surface area contributed by atoms with Gasteiger partial charge in [-0.05, 0) is 166 Å². The average Bonchev–Trinajstić information content (AvgIpc) is 3.64. The lowest BCUT2D eigenvalue weighted by Crippen LogP contribution is -2.36. The lowest BCUT2D eigenvalue weighted by molar-refractivity contribution is 0.331. The van der Waals surface area contributed by atoms with Gasteiger partial charge in [0.1, 0.15) is 0 Å². The number of hydrogen-bond acceptors (Lipinski definition) is 3. The highest BCUT2D eigenvalue weighted by Crippen LogP contribution is 2.56. The third-order valence-corrected chi connectivity index (χ3v) is 15.8. The summed E-state index contributed by atoms with van der Waals surface area (Å²) in [7, 11) is 0. The van der Waals surface area contributed by atoms with Gasteiger partial charge in [0.2, 0.25) is 0 Å². The van der Waals surface area contributed by atoms with E-state index >= 15 is 0 Å². The van der Waals surface area contributed by atoms with E-state index in [0.717, 1.165) is 24.2 Å². The predicted octanol–water partition coefficient (Wildman–Crippen LogP) is 18.1. The van der Waals surface area contributed by atoms with Crippen LogP contribution in [0.2, 0.25) is 0 Å². The van der Waals surface area contributed by atoms with Crippen LogP contribution in [0, 0.1) is 13.8 Å². The molecule has 0 atom stereocenters. The van der Waals surface area contributed by atoms with Crippen LogP contribution >= 0.6 is 11.3 Å². The molecular weight excluding hydrogens is 781 g/mol. The van der Waals surface area contributed by atoms with E-state index in [4.69, 9.17) is 0 Å². The maximum atomic E-state index is 2.68. The van der Waals surface area contributed by atoms with Crippen LogP contribution in [0.1, 0.15) is 141 Å². The summed E-state index contributed by atoms with van der Waals surface area (Å²) in [4.78, 5) is 5.19. The summed E-state index contributed by atoms with van der Waals surface area (Å²) in [5.41, 5.74) is 19.7. The molecule has 0 saturated heterocycles. The largest absolute Gasteiger partial charge is 0.309 e. The van der Waals surface area contributed by atoms with Crippen molar-refractivity contribution in [3.05, 3.63) is 166 Å². The first-order chi connectivity index (χ1) is 29.6. The SMILES string of the molecule is Cc1cc(N(c2cc3c(cc2-c2ccccc2)C(C)(C)CCC3(C)C)c2cccc3c2C(C)(C)CCC3(C)C)cc(N(c2ccc(C(C)(C)C)cc2)c2csc3ccc(C)cc23)c1. The Morgan fingerprint density at radius 1 is 0.476 bits per heavy atom. The fourth-order valence-electron chi connectivity index (χ4n) is 10.8. The number of anilines is 6. The van der Waals surface area contributed by atoms with Crippen LogP contribution < -0.4 is 9.80 Å². The smallest absolute Gasteiger partial charge is 0.0647 e. The molecule has 0 spiro atoms. The first-order valence-electron chi connectivity index (χ1n) is 23.3. The third kappa shape index (κ3) is 7.73. The quantitative estimate of drug-likeness (QED) is 0.158. The van der Waals surface area contributed by atoms with Gasteiger partial charge in [-0.25, -0.2) is 0 Å². The zero-order valence-corrected chi connectivity index (χ0v) is 41.1. The zero-order valence-electron chi connectivity index (χ0n) is 40.3. The summed E-state index contributed by atoms with van der Waals surface area (Å²) >= 11 is 1.83. The maximum Gasteiger partial charge on any atom is 0.0647 e. The van der Waals surface area contributed by atoms with Crippen LogP contribution in [0.15, 0.2) is 127 Å². The van der Waals surface area contributed by atoms with Crippen LogP contribution in [0.5, 0.6) is 0 Å². The molecule has 324 valence electrons. The monoisotopic (exact) mass is 849 g/mol. The van der Waals surface area contributed by atoms with Gasteiger partial charge < -0.3 is 9.80 Å². The molecule has 0 fully saturated rings. The van der Waals surface area contributed by atoms with Crippen LogP contribution in [0.25, 0.3) is 21.2 Å². The minimum Gasteiger partial charge on any atom is -0.309 e. The molecule has 0 bridgehead atoms. The second-order valence-electron chi connectivity index (χ2n) is 22.6. The minimum atomic E-state index is -0.0248. The molecule has 0 amide bonds. The molecule has 2 aliphatic carbocycles. The Morgan fingerprint density at radius 3 is 1.73 bits per heavy atom. The third-order valence-electron chi connectivity index (χ3n) is 14.9. The van der Waals surface area contributed by atoms with Gasteiger partial charge in [-0.1, -0.05) is 142 Å². The first-order valence-corrected chi connectivity index (χ1v) is 24.2. The van der Waals surface area contributed by atoms with Crippen LogP contribution in [0.4, 0.5) is 34.1 Å². The Kier molecular flexibility index (Phi) is 10.5. The lowest BCUT2D eigenvalue weighted by atomic mass is 9.62. The molecule has 0 saturated carbocycles. The van der Waals surface area contributed by atoms with Gasteiger partial charge in [0.15, 0.2) is 0 Å². The molecular formula is C60H68N2S. The number of benzene rings is 6. The van der Waals surface area contributed by atoms with Gasteiger partial charge in [0, 0.05) is 38.1 Å². The second kappa shape index (κ2) is 15.3. The van der Waals surface area contributed by atoms with E-state index in [0.29, 0.717) is 0 Å². The van der Waals surface area contributed by atoms with Crippen molar-refractivity contribution in [2.24, 2.45) is 0 Å². The number of nitrogens with zero attached hydrogens (tertiary/aromatic N) is 2. The van der Waals surface area contributed by atoms with E-state index in [1.807, 2.05) is 11.3 Å². The fourth-order valence-corrected chi connectivity index (χ4v) is 11.7. The summed E-state index contributed by atoms with van der Waals surface area (Å²) in [5, 5.41) is 3.65. The average molecular weight is 849 g/mol. The van der Waals surface area contributed by atoms with Crippen molar-refractivity contribution in [3.8, 4) is 11.1 Å². The molecule has 63 heavy (non-hydrogen) atoms. The molecule has 0 N–H and O–H groups in total. The number of thiophene rings is 1. The number of hydrogen-bond donors (Lipinski definition) is 0. The molecule has 0 aliphatic heterocycles. The van der Waals surface area contributed by atoms with Crippen LogP contribution in [0.3, 0.4) is 0 Å². The summed E-state index contributed by atoms with van der Waals surface area (Å²) < 4.78 is 1.30. The maximum absolute atomic E-state index is 2.68. The number of fused-ring (bicyclic) bond motifs is 3. The van der Waals surface area contributed by atoms with Crippen LogP contribution in [-0.2, 0) is 27.1 Å². The van der Waals surface area contributed by atoms with Gasteiger partial charge >= 0.3 is 0 Å². The molecule has 3 heteroatoms. The summed E-state index contributed by atoms with van der Waals surface area (Å²) in [5.74, 6) is 0. The molecule has 2 aliphatic rings. The highest BCUT2D eigenvalue weighted by molar-refractivity contribution is 7.17. The Balaban J connectivity index is 1.38. The van der Waals surface area contributed by atoms with Gasteiger partial charge in [-0.15, -0.1) is 11.3 Å². The first kappa shape index (κ1) is 43.1. The second-order valence-corrected chi connectivity index (χ2v) is 23.5. The molecule has 1 heterocycles. The standard InChI is InChI=1S/C60H68N2S/c1-39-22-27-54-47(34-39)53(38-63-54)61(43-25-23-42(24-26-43)56(3,4)5)44-32-40(2)33-45(35-44)62(51-21-17-20-48-55(51)60(12,13)31-30-57(48,6)7)52-37-50-49(58(8,9)28-29-59(50,10)11)36-46(52)41-18-15-14-16-19-41/h14-27,32-38H,28-31H2,1-13H3. The molecule has 0 radical (unpaired) electrons. The number of aryl methyl sites for hydroxylation is 2. The van der Waals surface area contributed by atoms with E-state index in [9.17, 15) is 0 Å². The Labute approximate surface area is 383 Å². The van der Waals surface area contributed by atoms with Gasteiger partial charge in [-0.2, -0.15) is 0 Å². The molecule has 9 rings (SSSR count). The Hall–Kier alpha value is -5.12. The van der Waals surface area contributed by atoms with Crippen LogP contribution in [-0.4, -0.2) is 0 Å². The van der Waals surface area contributed by atoms with E-state index in [1.165, 1.54) is 95.7 Å². The molecule has 1 aromatic heterocycles. The van der Waals surface area contributed by atoms with Crippen molar-refractivity contribution >= 4 is 55.5 Å². The number of rotatable bonds is 7. The van der Waals surface area contributed by atoms with Crippen molar-refractivity contribution in [1.29, 1.82) is 0 Å². The zero-order chi connectivity index (χ0) is 44.9. The van der Waals surface area contributed by atoms with E-state index in [2.05, 4.69) is 227 Å². The van der Waals surface area contributed by atoms with E-state index in [-0.39, 0.29) is 27.1 Å². The molecule has 7 aromatic rings.